The SMILES string of the molecule is CCCC(C)OC1CC=CC1. The highest BCUT2D eigenvalue weighted by Crippen LogP contribution is 2.16. The summed E-state index contributed by atoms with van der Waals surface area (Å²) in [6, 6.07) is 0. The predicted octanol–water partition coefficient (Wildman–Crippen LogP) is 2.91. The molecule has 0 N–H and O–H groups in total. The average molecular weight is 154 g/mol. The fourth-order valence-electron chi connectivity index (χ4n) is 1.51. The Bertz CT molecular complexity index is 121. The molecule has 1 rings (SSSR count). The van der Waals surface area contributed by atoms with Crippen molar-refractivity contribution in [3.63, 3.8) is 0 Å². The largest absolute Gasteiger partial charge is 0.375 e. The Morgan fingerprint density at radius 3 is 2.64 bits per heavy atom. The van der Waals surface area contributed by atoms with Gasteiger partial charge in [-0.25, -0.2) is 0 Å². The van der Waals surface area contributed by atoms with Crippen LogP contribution in [0.15, 0.2) is 12.2 Å². The predicted molar refractivity (Wildman–Crippen MR) is 47.6 cm³/mol. The zero-order valence-corrected chi connectivity index (χ0v) is 7.55. The summed E-state index contributed by atoms with van der Waals surface area (Å²) in [5.74, 6) is 0. The van der Waals surface area contributed by atoms with E-state index in [1.165, 1.54) is 12.8 Å². The van der Waals surface area contributed by atoms with Crippen LogP contribution in [0.3, 0.4) is 0 Å². The van der Waals surface area contributed by atoms with Crippen molar-refractivity contribution in [2.45, 2.75) is 51.7 Å². The summed E-state index contributed by atoms with van der Waals surface area (Å²) in [5.41, 5.74) is 0. The van der Waals surface area contributed by atoms with E-state index in [0.717, 1.165) is 12.8 Å². The summed E-state index contributed by atoms with van der Waals surface area (Å²) >= 11 is 0. The molecule has 0 aromatic carbocycles. The van der Waals surface area contributed by atoms with Gasteiger partial charge in [-0.1, -0.05) is 25.5 Å². The Morgan fingerprint density at radius 1 is 1.45 bits per heavy atom. The minimum atomic E-state index is 0.449. The molecule has 0 spiro atoms. The molecule has 0 aliphatic heterocycles. The van der Waals surface area contributed by atoms with Crippen LogP contribution < -0.4 is 0 Å². The molecule has 0 fully saturated rings. The van der Waals surface area contributed by atoms with Gasteiger partial charge < -0.3 is 4.74 Å². The molecule has 1 aliphatic carbocycles. The summed E-state index contributed by atoms with van der Waals surface area (Å²) in [6.07, 6.45) is 10.0. The van der Waals surface area contributed by atoms with Gasteiger partial charge in [0.05, 0.1) is 12.2 Å². The van der Waals surface area contributed by atoms with Gasteiger partial charge in [0, 0.05) is 0 Å². The van der Waals surface area contributed by atoms with E-state index in [4.69, 9.17) is 4.74 Å². The minimum absolute atomic E-state index is 0.449. The fraction of sp³-hybridized carbons (Fsp3) is 0.800. The lowest BCUT2D eigenvalue weighted by molar-refractivity contribution is 0.00107. The van der Waals surface area contributed by atoms with Crippen molar-refractivity contribution in [2.24, 2.45) is 0 Å². The highest BCUT2D eigenvalue weighted by molar-refractivity contribution is 4.95. The molecule has 0 aromatic heterocycles. The quantitative estimate of drug-likeness (QED) is 0.566. The van der Waals surface area contributed by atoms with Crippen molar-refractivity contribution in [1.82, 2.24) is 0 Å². The van der Waals surface area contributed by atoms with E-state index >= 15 is 0 Å². The molecule has 0 amide bonds. The van der Waals surface area contributed by atoms with Crippen LogP contribution in [0.2, 0.25) is 0 Å². The summed E-state index contributed by atoms with van der Waals surface area (Å²) in [5, 5.41) is 0. The average Bonchev–Trinajstić information content (AvgIpc) is 2.40. The molecule has 0 bridgehead atoms. The standard InChI is InChI=1S/C10H18O/c1-3-6-9(2)11-10-7-4-5-8-10/h4-5,9-10H,3,6-8H2,1-2H3. The monoisotopic (exact) mass is 154 g/mol. The van der Waals surface area contributed by atoms with Crippen LogP contribution in [0.5, 0.6) is 0 Å². The van der Waals surface area contributed by atoms with Gasteiger partial charge in [0.2, 0.25) is 0 Å². The Balaban J connectivity index is 2.09. The van der Waals surface area contributed by atoms with E-state index in [0.29, 0.717) is 12.2 Å². The smallest absolute Gasteiger partial charge is 0.0647 e. The summed E-state index contributed by atoms with van der Waals surface area (Å²) in [7, 11) is 0. The van der Waals surface area contributed by atoms with E-state index in [-0.39, 0.29) is 0 Å². The second kappa shape index (κ2) is 4.55. The van der Waals surface area contributed by atoms with Crippen molar-refractivity contribution in [3.8, 4) is 0 Å². The Kier molecular flexibility index (Phi) is 3.64. The van der Waals surface area contributed by atoms with E-state index < -0.39 is 0 Å². The molecule has 0 saturated carbocycles. The molecule has 0 heterocycles. The second-order valence-electron chi connectivity index (χ2n) is 3.30. The van der Waals surface area contributed by atoms with Crippen molar-refractivity contribution < 1.29 is 4.74 Å². The third-order valence-electron chi connectivity index (χ3n) is 2.08. The van der Waals surface area contributed by atoms with Gasteiger partial charge >= 0.3 is 0 Å². The van der Waals surface area contributed by atoms with Crippen LogP contribution in [0.1, 0.15) is 39.5 Å². The van der Waals surface area contributed by atoms with Crippen molar-refractivity contribution in [1.29, 1.82) is 0 Å². The lowest BCUT2D eigenvalue weighted by Gasteiger charge is -2.17. The molecule has 0 saturated heterocycles. The molecule has 1 atom stereocenters. The molecule has 1 heteroatoms. The Labute approximate surface area is 69.4 Å². The maximum absolute atomic E-state index is 5.79. The maximum Gasteiger partial charge on any atom is 0.0647 e. The normalized spacial score (nSPS) is 20.9. The van der Waals surface area contributed by atoms with Crippen molar-refractivity contribution in [3.05, 3.63) is 12.2 Å². The fourth-order valence-corrected chi connectivity index (χ4v) is 1.51. The number of hydrogen-bond donors (Lipinski definition) is 0. The molecular weight excluding hydrogens is 136 g/mol. The lowest BCUT2D eigenvalue weighted by Crippen LogP contribution is -2.16. The van der Waals surface area contributed by atoms with Gasteiger partial charge in [0.15, 0.2) is 0 Å². The van der Waals surface area contributed by atoms with Crippen LogP contribution in [-0.2, 0) is 4.74 Å². The van der Waals surface area contributed by atoms with Crippen molar-refractivity contribution >= 4 is 0 Å². The zero-order valence-electron chi connectivity index (χ0n) is 7.55. The van der Waals surface area contributed by atoms with Gasteiger partial charge in [0.25, 0.3) is 0 Å². The Hall–Kier alpha value is -0.300. The summed E-state index contributed by atoms with van der Waals surface area (Å²) in [6.45, 7) is 4.37. The maximum atomic E-state index is 5.79. The van der Waals surface area contributed by atoms with E-state index in [9.17, 15) is 0 Å². The topological polar surface area (TPSA) is 9.23 Å². The van der Waals surface area contributed by atoms with Crippen LogP contribution in [-0.4, -0.2) is 12.2 Å². The van der Waals surface area contributed by atoms with Crippen LogP contribution in [0.25, 0.3) is 0 Å². The first-order chi connectivity index (χ1) is 5.33. The molecule has 0 aromatic rings. The van der Waals surface area contributed by atoms with E-state index in [2.05, 4.69) is 26.0 Å². The van der Waals surface area contributed by atoms with Gasteiger partial charge in [-0.3, -0.25) is 0 Å². The lowest BCUT2D eigenvalue weighted by atomic mass is 10.2. The highest BCUT2D eigenvalue weighted by atomic mass is 16.5. The highest BCUT2D eigenvalue weighted by Gasteiger charge is 2.13. The molecular formula is C10H18O. The van der Waals surface area contributed by atoms with Crippen molar-refractivity contribution in [2.75, 3.05) is 0 Å². The van der Waals surface area contributed by atoms with Gasteiger partial charge in [-0.2, -0.15) is 0 Å². The summed E-state index contributed by atoms with van der Waals surface area (Å²) < 4.78 is 5.79. The third-order valence-corrected chi connectivity index (χ3v) is 2.08. The molecule has 11 heavy (non-hydrogen) atoms. The van der Waals surface area contributed by atoms with Gasteiger partial charge in [0.1, 0.15) is 0 Å². The van der Waals surface area contributed by atoms with E-state index in [1.54, 1.807) is 0 Å². The zero-order chi connectivity index (χ0) is 8.10. The molecule has 1 unspecified atom stereocenters. The molecule has 0 radical (unpaired) electrons. The van der Waals surface area contributed by atoms with Crippen LogP contribution >= 0.6 is 0 Å². The second-order valence-corrected chi connectivity index (χ2v) is 3.30. The number of rotatable bonds is 4. The first-order valence-electron chi connectivity index (χ1n) is 4.63. The molecule has 1 aliphatic rings. The van der Waals surface area contributed by atoms with E-state index in [1.807, 2.05) is 0 Å². The van der Waals surface area contributed by atoms with Gasteiger partial charge in [-0.05, 0) is 26.2 Å². The molecule has 64 valence electrons. The summed E-state index contributed by atoms with van der Waals surface area (Å²) in [4.78, 5) is 0. The Morgan fingerprint density at radius 2 is 2.09 bits per heavy atom. The molecule has 1 nitrogen and oxygen atoms in total. The first kappa shape index (κ1) is 8.79. The van der Waals surface area contributed by atoms with Gasteiger partial charge in [-0.15, -0.1) is 0 Å². The third kappa shape index (κ3) is 3.06. The first-order valence-corrected chi connectivity index (χ1v) is 4.63. The minimum Gasteiger partial charge on any atom is -0.375 e. The van der Waals surface area contributed by atoms with Crippen LogP contribution in [0, 0.1) is 0 Å². The van der Waals surface area contributed by atoms with Crippen LogP contribution in [0.4, 0.5) is 0 Å². The number of hydrogen-bond acceptors (Lipinski definition) is 1. The number of ether oxygens (including phenoxy) is 1.